The number of rotatable bonds is 5. The second kappa shape index (κ2) is 8.64. The Bertz CT molecular complexity index is 1460. The molecule has 4 aromatic rings. The molecular weight excluding hydrogens is 470 g/mol. The van der Waals surface area contributed by atoms with Gasteiger partial charge in [-0.2, -0.15) is 0 Å². The van der Waals surface area contributed by atoms with E-state index in [1.807, 2.05) is 24.3 Å². The van der Waals surface area contributed by atoms with Gasteiger partial charge in [-0.3, -0.25) is 14.5 Å². The van der Waals surface area contributed by atoms with Crippen LogP contribution in [0.5, 0.6) is 0 Å². The first-order valence-electron chi connectivity index (χ1n) is 11.3. The molecule has 1 aliphatic rings. The number of aromatic nitrogens is 2. The summed E-state index contributed by atoms with van der Waals surface area (Å²) in [6.45, 7) is 8.46. The zero-order valence-corrected chi connectivity index (χ0v) is 20.9. The maximum absolute atomic E-state index is 13.7. The Labute approximate surface area is 206 Å². The first-order valence-corrected chi connectivity index (χ1v) is 12.5. The summed E-state index contributed by atoms with van der Waals surface area (Å²) in [6, 6.07) is 12.2. The molecule has 5 rings (SSSR count). The van der Waals surface area contributed by atoms with E-state index in [4.69, 9.17) is 16.0 Å². The van der Waals surface area contributed by atoms with E-state index in [1.54, 1.807) is 23.1 Å². The van der Waals surface area contributed by atoms with Crippen molar-refractivity contribution in [3.05, 3.63) is 85.2 Å². The lowest BCUT2D eigenvalue weighted by molar-refractivity contribution is 0.0970. The lowest BCUT2D eigenvalue weighted by Crippen LogP contribution is -2.29. The van der Waals surface area contributed by atoms with Crippen molar-refractivity contribution >= 4 is 44.9 Å². The highest BCUT2D eigenvalue weighted by Crippen LogP contribution is 2.42. The predicted molar refractivity (Wildman–Crippen MR) is 135 cm³/mol. The van der Waals surface area contributed by atoms with Crippen molar-refractivity contribution in [2.24, 2.45) is 5.92 Å². The summed E-state index contributed by atoms with van der Waals surface area (Å²) in [4.78, 5) is 28.9. The lowest BCUT2D eigenvalue weighted by atomic mass is 9.95. The van der Waals surface area contributed by atoms with Gasteiger partial charge in [0, 0.05) is 11.4 Å². The molecule has 2 aromatic carbocycles. The van der Waals surface area contributed by atoms with Gasteiger partial charge in [-0.1, -0.05) is 74.9 Å². The molecule has 6 nitrogen and oxygen atoms in total. The van der Waals surface area contributed by atoms with Gasteiger partial charge in [0.1, 0.15) is 10.6 Å². The number of anilines is 1. The average molecular weight is 494 g/mol. The van der Waals surface area contributed by atoms with Crippen molar-refractivity contribution in [3.8, 4) is 0 Å². The fourth-order valence-electron chi connectivity index (χ4n) is 4.29. The first-order chi connectivity index (χ1) is 16.2. The van der Waals surface area contributed by atoms with Gasteiger partial charge in [-0.05, 0) is 41.2 Å². The van der Waals surface area contributed by atoms with Gasteiger partial charge in [-0.25, -0.2) is 0 Å². The smallest absolute Gasteiger partial charge is 0.297 e. The van der Waals surface area contributed by atoms with Gasteiger partial charge in [0.2, 0.25) is 10.9 Å². The molecule has 1 atom stereocenters. The average Bonchev–Trinajstić information content (AvgIpc) is 3.36. The van der Waals surface area contributed by atoms with Crippen LogP contribution in [0.1, 0.15) is 71.9 Å². The molecule has 0 saturated heterocycles. The van der Waals surface area contributed by atoms with E-state index in [9.17, 15) is 9.59 Å². The molecule has 34 heavy (non-hydrogen) atoms. The summed E-state index contributed by atoms with van der Waals surface area (Å²) in [7, 11) is 0. The quantitative estimate of drug-likeness (QED) is 0.323. The van der Waals surface area contributed by atoms with E-state index in [-0.39, 0.29) is 11.2 Å². The number of hydrogen-bond acceptors (Lipinski definition) is 6. The van der Waals surface area contributed by atoms with Crippen molar-refractivity contribution in [2.45, 2.75) is 46.1 Å². The van der Waals surface area contributed by atoms with Gasteiger partial charge in [0.15, 0.2) is 5.43 Å². The molecule has 8 heteroatoms. The molecule has 174 valence electrons. The molecule has 3 heterocycles. The maximum atomic E-state index is 13.7. The molecule has 0 fully saturated rings. The molecule has 0 radical (unpaired) electrons. The summed E-state index contributed by atoms with van der Waals surface area (Å²) in [5.41, 5.74) is 2.35. The van der Waals surface area contributed by atoms with Crippen LogP contribution in [-0.2, 0) is 6.42 Å². The molecule has 0 saturated carbocycles. The third-order valence-electron chi connectivity index (χ3n) is 6.00. The predicted octanol–water partition coefficient (Wildman–Crippen LogP) is 6.37. The molecule has 0 aliphatic carbocycles. The molecule has 0 unspecified atom stereocenters. The summed E-state index contributed by atoms with van der Waals surface area (Å²) in [6.07, 6.45) is 0.764. The largest absolute Gasteiger partial charge is 0.450 e. The van der Waals surface area contributed by atoms with Crippen LogP contribution in [0.15, 0.2) is 51.7 Å². The third kappa shape index (κ3) is 3.83. The van der Waals surface area contributed by atoms with Crippen LogP contribution in [0.2, 0.25) is 5.02 Å². The summed E-state index contributed by atoms with van der Waals surface area (Å²) < 4.78 is 6.00. The Morgan fingerprint density at radius 2 is 1.79 bits per heavy atom. The highest BCUT2D eigenvalue weighted by Gasteiger charge is 2.45. The van der Waals surface area contributed by atoms with E-state index >= 15 is 0 Å². The minimum Gasteiger partial charge on any atom is -0.450 e. The molecule has 1 aliphatic heterocycles. The lowest BCUT2D eigenvalue weighted by Gasteiger charge is -2.22. The summed E-state index contributed by atoms with van der Waals surface area (Å²) in [5.74, 6) is 0.415. The SMILES string of the molecule is CC(C)Cc1nnc(N2C(=O)c3oc4ccc(Cl)cc4c(=O)c3[C@@H]2c2ccc(C(C)C)cc2)s1. The zero-order valence-electron chi connectivity index (χ0n) is 19.3. The Morgan fingerprint density at radius 3 is 2.47 bits per heavy atom. The van der Waals surface area contributed by atoms with Crippen LogP contribution in [0.4, 0.5) is 5.13 Å². The summed E-state index contributed by atoms with van der Waals surface area (Å²) >= 11 is 7.53. The minimum atomic E-state index is -0.664. The third-order valence-corrected chi connectivity index (χ3v) is 7.18. The van der Waals surface area contributed by atoms with Gasteiger partial charge >= 0.3 is 0 Å². The normalized spacial score (nSPS) is 15.7. The Morgan fingerprint density at radius 1 is 1.06 bits per heavy atom. The van der Waals surface area contributed by atoms with Crippen LogP contribution < -0.4 is 10.3 Å². The number of fused-ring (bicyclic) bond motifs is 2. The van der Waals surface area contributed by atoms with Crippen molar-refractivity contribution in [3.63, 3.8) is 0 Å². The summed E-state index contributed by atoms with van der Waals surface area (Å²) in [5, 5.41) is 10.7. The molecular formula is C26H24ClN3O3S. The van der Waals surface area contributed by atoms with Crippen molar-refractivity contribution in [1.82, 2.24) is 10.2 Å². The Hall–Kier alpha value is -3.03. The first kappa shape index (κ1) is 22.7. The Kier molecular flexibility index (Phi) is 5.78. The van der Waals surface area contributed by atoms with Gasteiger partial charge in [-0.15, -0.1) is 10.2 Å². The fraction of sp³-hybridized carbons (Fsp3) is 0.308. The zero-order chi connectivity index (χ0) is 24.1. The molecule has 1 amide bonds. The monoisotopic (exact) mass is 493 g/mol. The second-order valence-corrected chi connectivity index (χ2v) is 10.8. The number of carbonyl (C=O) groups excluding carboxylic acids is 1. The molecule has 0 spiro atoms. The van der Waals surface area contributed by atoms with Gasteiger partial charge < -0.3 is 4.42 Å². The van der Waals surface area contributed by atoms with E-state index in [1.165, 1.54) is 16.9 Å². The van der Waals surface area contributed by atoms with Crippen molar-refractivity contribution in [1.29, 1.82) is 0 Å². The number of nitrogens with zero attached hydrogens (tertiary/aromatic N) is 3. The number of amides is 1. The van der Waals surface area contributed by atoms with E-state index in [2.05, 4.69) is 37.9 Å². The Balaban J connectivity index is 1.72. The van der Waals surface area contributed by atoms with Crippen LogP contribution >= 0.6 is 22.9 Å². The van der Waals surface area contributed by atoms with Crippen LogP contribution in [0.25, 0.3) is 11.0 Å². The maximum Gasteiger partial charge on any atom is 0.297 e. The highest BCUT2D eigenvalue weighted by atomic mass is 35.5. The van der Waals surface area contributed by atoms with Crippen LogP contribution in [0, 0.1) is 5.92 Å². The second-order valence-electron chi connectivity index (χ2n) is 9.29. The van der Waals surface area contributed by atoms with Crippen LogP contribution in [0.3, 0.4) is 0 Å². The van der Waals surface area contributed by atoms with Crippen molar-refractivity contribution < 1.29 is 9.21 Å². The van der Waals surface area contributed by atoms with E-state index in [0.29, 0.717) is 38.5 Å². The number of carbonyl (C=O) groups is 1. The number of benzene rings is 2. The van der Waals surface area contributed by atoms with Crippen LogP contribution in [-0.4, -0.2) is 16.1 Å². The molecule has 2 aromatic heterocycles. The highest BCUT2D eigenvalue weighted by molar-refractivity contribution is 7.15. The molecule has 0 N–H and O–H groups in total. The number of hydrogen-bond donors (Lipinski definition) is 0. The minimum absolute atomic E-state index is 0.0402. The van der Waals surface area contributed by atoms with Crippen molar-refractivity contribution in [2.75, 3.05) is 4.90 Å². The topological polar surface area (TPSA) is 76.3 Å². The van der Waals surface area contributed by atoms with Gasteiger partial charge in [0.05, 0.1) is 17.0 Å². The van der Waals surface area contributed by atoms with E-state index in [0.717, 1.165) is 17.0 Å². The fourth-order valence-corrected chi connectivity index (χ4v) is 5.54. The standard InChI is InChI=1S/C26H24ClN3O3S/c1-13(2)11-20-28-29-26(34-20)30-22(16-7-5-15(6-8-16)14(3)4)21-23(31)18-12-17(27)9-10-19(18)33-24(21)25(30)32/h5-10,12-14,22H,11H2,1-4H3/t22-/m0/s1. The number of halogens is 1. The van der Waals surface area contributed by atoms with E-state index < -0.39 is 11.9 Å². The van der Waals surface area contributed by atoms with Gasteiger partial charge in [0.25, 0.3) is 5.91 Å². The molecule has 0 bridgehead atoms.